The lowest BCUT2D eigenvalue weighted by molar-refractivity contribution is -0.137. The number of urea groups is 1. The number of carbonyl (C=O) groups excluding carboxylic acids is 1. The average molecular weight is 229 g/mol. The molecule has 0 spiro atoms. The molecule has 16 heavy (non-hydrogen) atoms. The average Bonchev–Trinajstić information content (AvgIpc) is 3.02. The Bertz CT molecular complexity index is 254. The van der Waals surface area contributed by atoms with Crippen molar-refractivity contribution in [2.75, 3.05) is 19.6 Å². The van der Waals surface area contributed by atoms with E-state index in [1.807, 2.05) is 0 Å². The molecule has 0 saturated heterocycles. The molecule has 0 bridgehead atoms. The summed E-state index contributed by atoms with van der Waals surface area (Å²) in [6, 6.07) is 0.0643. The van der Waals surface area contributed by atoms with Gasteiger partial charge in [-0.3, -0.25) is 4.79 Å². The molecule has 1 aliphatic rings. The van der Waals surface area contributed by atoms with Gasteiger partial charge in [-0.1, -0.05) is 0 Å². The summed E-state index contributed by atoms with van der Waals surface area (Å²) in [6.07, 6.45) is 2.69. The highest BCUT2D eigenvalue weighted by Crippen LogP contribution is 2.26. The molecular formula is C10H19N3O3. The van der Waals surface area contributed by atoms with E-state index >= 15 is 0 Å². The highest BCUT2D eigenvalue weighted by molar-refractivity contribution is 5.76. The Kier molecular flexibility index (Phi) is 5.04. The zero-order chi connectivity index (χ0) is 12.0. The van der Waals surface area contributed by atoms with Crippen molar-refractivity contribution in [2.24, 2.45) is 5.73 Å². The molecule has 2 amide bonds. The summed E-state index contributed by atoms with van der Waals surface area (Å²) in [7, 11) is 0. The monoisotopic (exact) mass is 229 g/mol. The predicted molar refractivity (Wildman–Crippen MR) is 59.1 cm³/mol. The minimum Gasteiger partial charge on any atom is -0.481 e. The Balaban J connectivity index is 2.30. The minimum atomic E-state index is -0.875. The normalized spacial score (nSPS) is 14.6. The molecule has 0 aliphatic heterocycles. The zero-order valence-electron chi connectivity index (χ0n) is 9.32. The van der Waals surface area contributed by atoms with E-state index in [1.165, 1.54) is 0 Å². The van der Waals surface area contributed by atoms with Crippen LogP contribution in [0.1, 0.15) is 25.7 Å². The number of aliphatic carboxylic acids is 1. The molecule has 0 aromatic carbocycles. The van der Waals surface area contributed by atoms with Crippen molar-refractivity contribution in [1.82, 2.24) is 10.2 Å². The predicted octanol–water partition coefficient (Wildman–Crippen LogP) is -0.0161. The van der Waals surface area contributed by atoms with Crippen molar-refractivity contribution >= 4 is 12.0 Å². The molecule has 1 rings (SSSR count). The molecule has 0 atom stereocenters. The first-order chi connectivity index (χ1) is 7.65. The molecule has 0 heterocycles. The van der Waals surface area contributed by atoms with Crippen LogP contribution in [0.4, 0.5) is 4.79 Å². The highest BCUT2D eigenvalue weighted by Gasteiger charge is 2.32. The summed E-state index contributed by atoms with van der Waals surface area (Å²) in [5.74, 6) is -0.875. The Hall–Kier alpha value is -1.30. The van der Waals surface area contributed by atoms with Crippen LogP contribution in [0.2, 0.25) is 0 Å². The van der Waals surface area contributed by atoms with Crippen molar-refractivity contribution in [3.05, 3.63) is 0 Å². The van der Waals surface area contributed by atoms with Crippen LogP contribution in [0.5, 0.6) is 0 Å². The van der Waals surface area contributed by atoms with Crippen LogP contribution in [-0.4, -0.2) is 47.7 Å². The van der Waals surface area contributed by atoms with E-state index in [-0.39, 0.29) is 25.0 Å². The van der Waals surface area contributed by atoms with Gasteiger partial charge in [0.05, 0.1) is 6.42 Å². The lowest BCUT2D eigenvalue weighted by atomic mass is 10.3. The topological polar surface area (TPSA) is 95.7 Å². The summed E-state index contributed by atoms with van der Waals surface area (Å²) >= 11 is 0. The van der Waals surface area contributed by atoms with E-state index in [9.17, 15) is 9.59 Å². The number of hydrogen-bond acceptors (Lipinski definition) is 3. The van der Waals surface area contributed by atoms with E-state index in [2.05, 4.69) is 5.32 Å². The highest BCUT2D eigenvalue weighted by atomic mass is 16.4. The van der Waals surface area contributed by atoms with Gasteiger partial charge in [0.25, 0.3) is 0 Å². The number of carboxylic acids is 1. The fourth-order valence-corrected chi connectivity index (χ4v) is 1.45. The maximum atomic E-state index is 11.7. The van der Waals surface area contributed by atoms with Gasteiger partial charge in [0, 0.05) is 19.1 Å². The second-order valence-corrected chi connectivity index (χ2v) is 3.94. The van der Waals surface area contributed by atoms with Gasteiger partial charge in [-0.25, -0.2) is 4.79 Å². The van der Waals surface area contributed by atoms with Gasteiger partial charge in [-0.15, -0.1) is 0 Å². The van der Waals surface area contributed by atoms with Crippen molar-refractivity contribution in [3.8, 4) is 0 Å². The molecule has 1 aliphatic carbocycles. The Morgan fingerprint density at radius 2 is 2.12 bits per heavy atom. The van der Waals surface area contributed by atoms with E-state index in [0.717, 1.165) is 19.3 Å². The van der Waals surface area contributed by atoms with Crippen LogP contribution in [-0.2, 0) is 4.79 Å². The molecule has 1 saturated carbocycles. The fraction of sp³-hybridized carbons (Fsp3) is 0.800. The maximum absolute atomic E-state index is 11.7. The van der Waals surface area contributed by atoms with Crippen molar-refractivity contribution in [3.63, 3.8) is 0 Å². The second kappa shape index (κ2) is 6.32. The first kappa shape index (κ1) is 12.8. The molecule has 4 N–H and O–H groups in total. The van der Waals surface area contributed by atoms with Crippen molar-refractivity contribution < 1.29 is 14.7 Å². The molecule has 1 fully saturated rings. The molecule has 0 unspecified atom stereocenters. The molecule has 6 heteroatoms. The Morgan fingerprint density at radius 3 is 2.62 bits per heavy atom. The van der Waals surface area contributed by atoms with Crippen LogP contribution in [0.3, 0.4) is 0 Å². The quantitative estimate of drug-likeness (QED) is 0.535. The van der Waals surface area contributed by atoms with E-state index < -0.39 is 5.97 Å². The number of hydrogen-bond donors (Lipinski definition) is 3. The fourth-order valence-electron chi connectivity index (χ4n) is 1.45. The van der Waals surface area contributed by atoms with E-state index in [4.69, 9.17) is 10.8 Å². The number of carboxylic acid groups (broad SMARTS) is 1. The van der Waals surface area contributed by atoms with Gasteiger partial charge in [0.1, 0.15) is 0 Å². The van der Waals surface area contributed by atoms with Crippen molar-refractivity contribution in [1.29, 1.82) is 0 Å². The third kappa shape index (κ3) is 4.48. The number of nitrogens with zero attached hydrogens (tertiary/aromatic N) is 1. The smallest absolute Gasteiger partial charge is 0.317 e. The minimum absolute atomic E-state index is 0.000802. The molecule has 6 nitrogen and oxygen atoms in total. The molecular weight excluding hydrogens is 210 g/mol. The van der Waals surface area contributed by atoms with Crippen LogP contribution in [0.15, 0.2) is 0 Å². The third-order valence-corrected chi connectivity index (χ3v) is 2.47. The first-order valence-electron chi connectivity index (χ1n) is 5.61. The van der Waals surface area contributed by atoms with Gasteiger partial charge >= 0.3 is 12.0 Å². The van der Waals surface area contributed by atoms with Gasteiger partial charge in [-0.2, -0.15) is 0 Å². The van der Waals surface area contributed by atoms with Crippen LogP contribution >= 0.6 is 0 Å². The lowest BCUT2D eigenvalue weighted by Crippen LogP contribution is -2.43. The lowest BCUT2D eigenvalue weighted by Gasteiger charge is -2.21. The van der Waals surface area contributed by atoms with E-state index in [0.29, 0.717) is 13.1 Å². The molecule has 92 valence electrons. The number of nitrogens with one attached hydrogen (secondary N) is 1. The molecule has 0 radical (unpaired) electrons. The number of rotatable bonds is 7. The van der Waals surface area contributed by atoms with Crippen LogP contribution < -0.4 is 11.1 Å². The second-order valence-electron chi connectivity index (χ2n) is 3.94. The summed E-state index contributed by atoms with van der Waals surface area (Å²) in [4.78, 5) is 23.8. The Labute approximate surface area is 94.8 Å². The van der Waals surface area contributed by atoms with Gasteiger partial charge in [0.15, 0.2) is 0 Å². The first-order valence-corrected chi connectivity index (χ1v) is 5.61. The number of amides is 2. The summed E-state index contributed by atoms with van der Waals surface area (Å²) in [6.45, 7) is 1.37. The SMILES string of the molecule is NCCCNC(=O)N(CCC(=O)O)C1CC1. The van der Waals surface area contributed by atoms with Crippen LogP contribution in [0, 0.1) is 0 Å². The van der Waals surface area contributed by atoms with Gasteiger partial charge in [0.2, 0.25) is 0 Å². The largest absolute Gasteiger partial charge is 0.481 e. The zero-order valence-corrected chi connectivity index (χ0v) is 9.32. The maximum Gasteiger partial charge on any atom is 0.317 e. The summed E-state index contributed by atoms with van der Waals surface area (Å²) in [5, 5.41) is 11.3. The summed E-state index contributed by atoms with van der Waals surface area (Å²) < 4.78 is 0. The van der Waals surface area contributed by atoms with Crippen molar-refractivity contribution in [2.45, 2.75) is 31.7 Å². The standard InChI is InChI=1S/C10H19N3O3/c11-5-1-6-12-10(16)13(8-2-3-8)7-4-9(14)15/h8H,1-7,11H2,(H,12,16)(H,14,15). The van der Waals surface area contributed by atoms with Crippen LogP contribution in [0.25, 0.3) is 0 Å². The summed E-state index contributed by atoms with van der Waals surface area (Å²) in [5.41, 5.74) is 5.32. The van der Waals surface area contributed by atoms with Gasteiger partial charge < -0.3 is 21.1 Å². The molecule has 0 aromatic heterocycles. The molecule has 0 aromatic rings. The van der Waals surface area contributed by atoms with E-state index in [1.54, 1.807) is 4.90 Å². The third-order valence-electron chi connectivity index (χ3n) is 2.47. The van der Waals surface area contributed by atoms with Gasteiger partial charge in [-0.05, 0) is 25.8 Å². The number of nitrogens with two attached hydrogens (primary N) is 1. The number of carbonyl (C=O) groups is 2. The Morgan fingerprint density at radius 1 is 1.44 bits per heavy atom.